The van der Waals surface area contributed by atoms with E-state index < -0.39 is 4.92 Å². The molecule has 1 aliphatic carbocycles. The molecule has 0 bridgehead atoms. The Morgan fingerprint density at radius 1 is 1.25 bits per heavy atom. The fourth-order valence-electron chi connectivity index (χ4n) is 3.53. The summed E-state index contributed by atoms with van der Waals surface area (Å²) in [5, 5.41) is 19.9. The van der Waals surface area contributed by atoms with Crippen molar-refractivity contribution in [1.29, 1.82) is 0 Å². The van der Waals surface area contributed by atoms with Crippen LogP contribution in [0.2, 0.25) is 0 Å². The zero-order valence-electron chi connectivity index (χ0n) is 16.2. The van der Waals surface area contributed by atoms with Crippen molar-refractivity contribution in [2.45, 2.75) is 61.0 Å². The van der Waals surface area contributed by atoms with Crippen molar-refractivity contribution in [2.24, 2.45) is 7.05 Å². The molecule has 150 valence electrons. The molecule has 1 heterocycles. The van der Waals surface area contributed by atoms with Gasteiger partial charge in [-0.1, -0.05) is 32.1 Å². The number of aromatic nitrogens is 3. The molecule has 1 amide bonds. The molecule has 0 atom stereocenters. The number of carbonyl (C=O) groups excluding carboxylic acids is 1. The average Bonchev–Trinajstić information content (AvgIpc) is 3.05. The van der Waals surface area contributed by atoms with Crippen molar-refractivity contribution >= 4 is 23.4 Å². The van der Waals surface area contributed by atoms with Crippen molar-refractivity contribution < 1.29 is 9.72 Å². The van der Waals surface area contributed by atoms with E-state index in [4.69, 9.17) is 0 Å². The molecule has 9 heteroatoms. The maximum atomic E-state index is 13.0. The van der Waals surface area contributed by atoms with E-state index in [1.807, 2.05) is 7.05 Å². The lowest BCUT2D eigenvalue weighted by atomic mass is 9.95. The third-order valence-corrected chi connectivity index (χ3v) is 6.33. The first-order chi connectivity index (χ1) is 13.5. The lowest BCUT2D eigenvalue weighted by molar-refractivity contribution is -0.387. The lowest BCUT2D eigenvalue weighted by Gasteiger charge is -2.30. The van der Waals surface area contributed by atoms with Gasteiger partial charge in [-0.15, -0.1) is 10.2 Å². The molecule has 0 N–H and O–H groups in total. The van der Waals surface area contributed by atoms with E-state index >= 15 is 0 Å². The highest BCUT2D eigenvalue weighted by Crippen LogP contribution is 2.34. The monoisotopic (exact) mass is 403 g/mol. The number of carbonyl (C=O) groups is 1. The highest BCUT2D eigenvalue weighted by molar-refractivity contribution is 7.99. The van der Waals surface area contributed by atoms with Gasteiger partial charge >= 0.3 is 0 Å². The third kappa shape index (κ3) is 4.70. The minimum absolute atomic E-state index is 0.0927. The van der Waals surface area contributed by atoms with Crippen molar-refractivity contribution in [1.82, 2.24) is 19.7 Å². The second-order valence-corrected chi connectivity index (χ2v) is 8.19. The summed E-state index contributed by atoms with van der Waals surface area (Å²) in [6.45, 7) is 0. The van der Waals surface area contributed by atoms with Crippen LogP contribution in [-0.4, -0.2) is 43.6 Å². The molecule has 0 spiro atoms. The fraction of sp³-hybridized carbons (Fsp3) is 0.526. The Morgan fingerprint density at radius 3 is 2.54 bits per heavy atom. The van der Waals surface area contributed by atoms with Crippen LogP contribution in [0.25, 0.3) is 0 Å². The summed E-state index contributed by atoms with van der Waals surface area (Å²) in [6, 6.07) is 4.85. The SMILES string of the molecule is CN(C(=O)c1ccc(Sc2nncn2C)c([N+](=O)[O-])c1)C1CCCCCCC1. The van der Waals surface area contributed by atoms with Crippen molar-refractivity contribution in [3.05, 3.63) is 40.2 Å². The van der Waals surface area contributed by atoms with E-state index in [1.165, 1.54) is 31.7 Å². The smallest absolute Gasteiger partial charge is 0.284 e. The number of nitro groups is 1. The maximum absolute atomic E-state index is 13.0. The number of benzene rings is 1. The summed E-state index contributed by atoms with van der Waals surface area (Å²) in [6.07, 6.45) is 9.44. The Bertz CT molecular complexity index is 846. The minimum atomic E-state index is -0.453. The normalized spacial score (nSPS) is 15.6. The quantitative estimate of drug-likeness (QED) is 0.552. The third-order valence-electron chi connectivity index (χ3n) is 5.22. The van der Waals surface area contributed by atoms with Gasteiger partial charge in [0.1, 0.15) is 6.33 Å². The van der Waals surface area contributed by atoms with Crippen LogP contribution in [0.3, 0.4) is 0 Å². The first-order valence-corrected chi connectivity index (χ1v) is 10.4. The van der Waals surface area contributed by atoms with Gasteiger partial charge in [-0.25, -0.2) is 0 Å². The standard InChI is InChI=1S/C19H25N5O3S/c1-22-13-20-21-19(22)28-17-11-10-14(12-16(17)24(26)27)18(25)23(2)15-8-6-4-3-5-7-9-15/h10-13,15H,3-9H2,1-2H3. The van der Waals surface area contributed by atoms with Gasteiger partial charge in [-0.3, -0.25) is 14.9 Å². The van der Waals surface area contributed by atoms with Gasteiger partial charge in [-0.2, -0.15) is 0 Å². The summed E-state index contributed by atoms with van der Waals surface area (Å²) in [5.74, 6) is -0.163. The molecule has 1 aromatic carbocycles. The van der Waals surface area contributed by atoms with Gasteiger partial charge in [0, 0.05) is 31.8 Å². The molecule has 1 aliphatic rings. The summed E-state index contributed by atoms with van der Waals surface area (Å²) in [5.41, 5.74) is 0.253. The van der Waals surface area contributed by atoms with Gasteiger partial charge in [-0.05, 0) is 36.7 Å². The second kappa shape index (κ2) is 9.18. The van der Waals surface area contributed by atoms with Crippen LogP contribution < -0.4 is 0 Å². The zero-order valence-corrected chi connectivity index (χ0v) is 17.0. The Balaban J connectivity index is 1.81. The zero-order chi connectivity index (χ0) is 20.1. The lowest BCUT2D eigenvalue weighted by Crippen LogP contribution is -2.37. The Hall–Kier alpha value is -2.42. The largest absolute Gasteiger partial charge is 0.339 e. The molecule has 1 saturated carbocycles. The van der Waals surface area contributed by atoms with E-state index in [-0.39, 0.29) is 17.6 Å². The molecular formula is C19H25N5O3S. The summed E-state index contributed by atoms with van der Waals surface area (Å²) >= 11 is 1.16. The van der Waals surface area contributed by atoms with Crippen LogP contribution in [0, 0.1) is 10.1 Å². The number of nitrogens with zero attached hydrogens (tertiary/aromatic N) is 5. The van der Waals surface area contributed by atoms with Crippen molar-refractivity contribution in [2.75, 3.05) is 7.05 Å². The number of rotatable bonds is 5. The highest BCUT2D eigenvalue weighted by atomic mass is 32.2. The van der Waals surface area contributed by atoms with Crippen LogP contribution in [0.15, 0.2) is 34.6 Å². The minimum Gasteiger partial charge on any atom is -0.339 e. The molecule has 0 radical (unpaired) electrons. The highest BCUT2D eigenvalue weighted by Gasteiger charge is 2.25. The number of aryl methyl sites for hydroxylation is 1. The fourth-order valence-corrected chi connectivity index (χ4v) is 4.38. The molecule has 0 aliphatic heterocycles. The Labute approximate surface area is 168 Å². The van der Waals surface area contributed by atoms with E-state index in [0.29, 0.717) is 15.6 Å². The van der Waals surface area contributed by atoms with E-state index in [9.17, 15) is 14.9 Å². The van der Waals surface area contributed by atoms with E-state index in [2.05, 4.69) is 10.2 Å². The number of hydrogen-bond donors (Lipinski definition) is 0. The first-order valence-electron chi connectivity index (χ1n) is 9.55. The number of amides is 1. The maximum Gasteiger partial charge on any atom is 0.284 e. The van der Waals surface area contributed by atoms with Crippen molar-refractivity contribution in [3.63, 3.8) is 0 Å². The Kier molecular flexibility index (Phi) is 6.66. The van der Waals surface area contributed by atoms with E-state index in [1.54, 1.807) is 28.6 Å². The molecule has 0 unspecified atom stereocenters. The summed E-state index contributed by atoms with van der Waals surface area (Å²) < 4.78 is 1.69. The number of nitro benzene ring substituents is 1. The van der Waals surface area contributed by atoms with E-state index in [0.717, 1.165) is 37.4 Å². The predicted molar refractivity (Wildman–Crippen MR) is 106 cm³/mol. The molecule has 2 aromatic rings. The summed E-state index contributed by atoms with van der Waals surface area (Å²) in [7, 11) is 3.58. The molecule has 3 rings (SSSR count). The average molecular weight is 404 g/mol. The molecule has 0 saturated heterocycles. The molecule has 28 heavy (non-hydrogen) atoms. The topological polar surface area (TPSA) is 94.2 Å². The number of hydrogen-bond acceptors (Lipinski definition) is 6. The van der Waals surface area contributed by atoms with Crippen LogP contribution >= 0.6 is 11.8 Å². The Morgan fingerprint density at radius 2 is 1.93 bits per heavy atom. The molecule has 1 fully saturated rings. The van der Waals surface area contributed by atoms with Crippen LogP contribution in [0.4, 0.5) is 5.69 Å². The van der Waals surface area contributed by atoms with Crippen molar-refractivity contribution in [3.8, 4) is 0 Å². The van der Waals surface area contributed by atoms with Gasteiger partial charge in [0.15, 0.2) is 5.16 Å². The van der Waals surface area contributed by atoms with Gasteiger partial charge in [0.2, 0.25) is 0 Å². The van der Waals surface area contributed by atoms with Gasteiger partial charge < -0.3 is 9.47 Å². The second-order valence-electron chi connectivity index (χ2n) is 7.18. The van der Waals surface area contributed by atoms with Crippen LogP contribution in [0.1, 0.15) is 55.3 Å². The molecular weight excluding hydrogens is 378 g/mol. The summed E-state index contributed by atoms with van der Waals surface area (Å²) in [4.78, 5) is 26.3. The molecule has 1 aromatic heterocycles. The van der Waals surface area contributed by atoms with Gasteiger partial charge in [0.05, 0.1) is 9.82 Å². The van der Waals surface area contributed by atoms with Crippen LogP contribution in [0.5, 0.6) is 0 Å². The predicted octanol–water partition coefficient (Wildman–Crippen LogP) is 4.06. The van der Waals surface area contributed by atoms with Crippen LogP contribution in [-0.2, 0) is 7.05 Å². The molecule has 8 nitrogen and oxygen atoms in total. The first kappa shape index (κ1) is 20.3. The van der Waals surface area contributed by atoms with Gasteiger partial charge in [0.25, 0.3) is 11.6 Å².